The quantitative estimate of drug-likeness (QED) is 0.747. The standard InChI is InChI=1S/C10H13N5O/c1-14-8-7(13-10(14)16)9(12-6-11-8)15-4-2-3-5-15/h6H,2-5H2,1H3,(H,13,16). The van der Waals surface area contributed by atoms with Gasteiger partial charge in [0.2, 0.25) is 0 Å². The molecule has 2 aromatic rings. The van der Waals surface area contributed by atoms with Crippen LogP contribution in [0, 0.1) is 0 Å². The third kappa shape index (κ3) is 1.22. The molecule has 0 unspecified atom stereocenters. The second-order valence-electron chi connectivity index (χ2n) is 4.08. The summed E-state index contributed by atoms with van der Waals surface area (Å²) >= 11 is 0. The summed E-state index contributed by atoms with van der Waals surface area (Å²) in [4.78, 5) is 24.9. The molecule has 0 amide bonds. The molecule has 0 aliphatic carbocycles. The summed E-state index contributed by atoms with van der Waals surface area (Å²) in [5.74, 6) is 0.847. The van der Waals surface area contributed by atoms with Crippen molar-refractivity contribution in [2.45, 2.75) is 12.8 Å². The molecule has 3 rings (SSSR count). The molecular weight excluding hydrogens is 206 g/mol. The van der Waals surface area contributed by atoms with Gasteiger partial charge in [0.1, 0.15) is 11.8 Å². The molecule has 0 atom stereocenters. The molecule has 1 aliphatic heterocycles. The molecule has 6 nitrogen and oxygen atoms in total. The number of anilines is 1. The number of aromatic amines is 1. The van der Waals surface area contributed by atoms with Crippen molar-refractivity contribution < 1.29 is 0 Å². The lowest BCUT2D eigenvalue weighted by molar-refractivity contribution is 0.876. The summed E-state index contributed by atoms with van der Waals surface area (Å²) in [7, 11) is 1.71. The van der Waals surface area contributed by atoms with Crippen molar-refractivity contribution in [3.63, 3.8) is 0 Å². The van der Waals surface area contributed by atoms with Gasteiger partial charge in [-0.1, -0.05) is 0 Å². The zero-order valence-electron chi connectivity index (χ0n) is 9.10. The normalized spacial score (nSPS) is 16.2. The molecule has 0 spiro atoms. The van der Waals surface area contributed by atoms with Gasteiger partial charge < -0.3 is 9.88 Å². The van der Waals surface area contributed by atoms with E-state index in [0.717, 1.165) is 24.4 Å². The van der Waals surface area contributed by atoms with E-state index in [2.05, 4.69) is 19.9 Å². The third-order valence-corrected chi connectivity index (χ3v) is 3.07. The van der Waals surface area contributed by atoms with Gasteiger partial charge in [0.15, 0.2) is 11.5 Å². The fraction of sp³-hybridized carbons (Fsp3) is 0.500. The predicted molar refractivity (Wildman–Crippen MR) is 60.6 cm³/mol. The Hall–Kier alpha value is -1.85. The Balaban J connectivity index is 2.24. The monoisotopic (exact) mass is 219 g/mol. The topological polar surface area (TPSA) is 66.8 Å². The largest absolute Gasteiger partial charge is 0.355 e. The first-order chi connectivity index (χ1) is 7.77. The van der Waals surface area contributed by atoms with Gasteiger partial charge in [0.05, 0.1) is 0 Å². The van der Waals surface area contributed by atoms with Gasteiger partial charge in [-0.2, -0.15) is 0 Å². The number of nitrogens with zero attached hydrogens (tertiary/aromatic N) is 4. The van der Waals surface area contributed by atoms with Crippen LogP contribution in [0.2, 0.25) is 0 Å². The van der Waals surface area contributed by atoms with E-state index in [1.165, 1.54) is 23.7 Å². The summed E-state index contributed by atoms with van der Waals surface area (Å²) in [6.45, 7) is 2.01. The second-order valence-corrected chi connectivity index (χ2v) is 4.08. The van der Waals surface area contributed by atoms with Crippen LogP contribution in [0.1, 0.15) is 12.8 Å². The average Bonchev–Trinajstić information content (AvgIpc) is 2.89. The number of hydrogen-bond acceptors (Lipinski definition) is 4. The number of nitrogens with one attached hydrogen (secondary N) is 1. The van der Waals surface area contributed by atoms with Crippen LogP contribution in [0.5, 0.6) is 0 Å². The maximum Gasteiger partial charge on any atom is 0.327 e. The number of rotatable bonds is 1. The Morgan fingerprint density at radius 3 is 2.81 bits per heavy atom. The van der Waals surface area contributed by atoms with Crippen LogP contribution in [0.4, 0.5) is 5.82 Å². The Kier molecular flexibility index (Phi) is 1.95. The second kappa shape index (κ2) is 3.33. The molecule has 16 heavy (non-hydrogen) atoms. The van der Waals surface area contributed by atoms with Gasteiger partial charge in [-0.3, -0.25) is 4.57 Å². The van der Waals surface area contributed by atoms with E-state index in [1.54, 1.807) is 7.05 Å². The molecule has 0 saturated carbocycles. The van der Waals surface area contributed by atoms with Crippen molar-refractivity contribution in [1.29, 1.82) is 0 Å². The predicted octanol–water partition coefficient (Wildman–Crippen LogP) is 0.257. The highest BCUT2D eigenvalue weighted by Gasteiger charge is 2.18. The van der Waals surface area contributed by atoms with Crippen LogP contribution < -0.4 is 10.6 Å². The Bertz CT molecular complexity index is 578. The van der Waals surface area contributed by atoms with Crippen molar-refractivity contribution in [3.05, 3.63) is 16.8 Å². The number of aryl methyl sites for hydroxylation is 1. The number of aromatic nitrogens is 4. The first-order valence-electron chi connectivity index (χ1n) is 5.42. The van der Waals surface area contributed by atoms with E-state index in [9.17, 15) is 4.79 Å². The first kappa shape index (κ1) is 9.38. The summed E-state index contributed by atoms with van der Waals surface area (Å²) in [6.07, 6.45) is 3.88. The van der Waals surface area contributed by atoms with Crippen molar-refractivity contribution in [2.24, 2.45) is 7.05 Å². The Morgan fingerprint density at radius 1 is 1.31 bits per heavy atom. The summed E-state index contributed by atoms with van der Waals surface area (Å²) in [6, 6.07) is 0. The van der Waals surface area contributed by atoms with Gasteiger partial charge in [-0.25, -0.2) is 14.8 Å². The van der Waals surface area contributed by atoms with Gasteiger partial charge in [0, 0.05) is 20.1 Å². The van der Waals surface area contributed by atoms with Gasteiger partial charge >= 0.3 is 5.69 Å². The molecule has 0 aromatic carbocycles. The van der Waals surface area contributed by atoms with Gasteiger partial charge in [-0.05, 0) is 12.8 Å². The van der Waals surface area contributed by atoms with E-state index < -0.39 is 0 Å². The van der Waals surface area contributed by atoms with Crippen LogP contribution >= 0.6 is 0 Å². The smallest absolute Gasteiger partial charge is 0.327 e. The molecule has 1 N–H and O–H groups in total. The Morgan fingerprint density at radius 2 is 2.06 bits per heavy atom. The highest BCUT2D eigenvalue weighted by atomic mass is 16.1. The van der Waals surface area contributed by atoms with Gasteiger partial charge in [-0.15, -0.1) is 0 Å². The van der Waals surface area contributed by atoms with Crippen LogP contribution in [0.15, 0.2) is 11.1 Å². The fourth-order valence-electron chi connectivity index (χ4n) is 2.19. The number of fused-ring (bicyclic) bond motifs is 1. The van der Waals surface area contributed by atoms with Crippen molar-refractivity contribution in [2.75, 3.05) is 18.0 Å². The van der Waals surface area contributed by atoms with Crippen molar-refractivity contribution in [1.82, 2.24) is 19.5 Å². The molecule has 0 radical (unpaired) electrons. The van der Waals surface area contributed by atoms with Crippen LogP contribution in [0.25, 0.3) is 11.2 Å². The lowest BCUT2D eigenvalue weighted by Crippen LogP contribution is -2.19. The SMILES string of the molecule is Cn1c(=O)[nH]c2c(N3CCCC3)ncnc21. The van der Waals surface area contributed by atoms with E-state index in [0.29, 0.717) is 5.65 Å². The van der Waals surface area contributed by atoms with E-state index >= 15 is 0 Å². The summed E-state index contributed by atoms with van der Waals surface area (Å²) in [5.41, 5.74) is 1.27. The molecule has 84 valence electrons. The molecule has 1 aliphatic rings. The maximum atomic E-state index is 11.5. The summed E-state index contributed by atoms with van der Waals surface area (Å²) < 4.78 is 1.51. The molecule has 3 heterocycles. The van der Waals surface area contributed by atoms with Crippen LogP contribution in [0.3, 0.4) is 0 Å². The molecule has 1 saturated heterocycles. The minimum Gasteiger partial charge on any atom is -0.355 e. The van der Waals surface area contributed by atoms with E-state index in [-0.39, 0.29) is 5.69 Å². The molecule has 0 bridgehead atoms. The van der Waals surface area contributed by atoms with Gasteiger partial charge in [0.25, 0.3) is 0 Å². The highest BCUT2D eigenvalue weighted by Crippen LogP contribution is 2.23. The molecule has 1 fully saturated rings. The number of H-pyrrole nitrogens is 1. The van der Waals surface area contributed by atoms with Crippen molar-refractivity contribution in [3.8, 4) is 0 Å². The number of hydrogen-bond donors (Lipinski definition) is 1. The van der Waals surface area contributed by atoms with E-state index in [1.807, 2.05) is 0 Å². The zero-order chi connectivity index (χ0) is 11.1. The minimum atomic E-state index is -0.143. The lowest BCUT2D eigenvalue weighted by atomic mass is 10.4. The highest BCUT2D eigenvalue weighted by molar-refractivity contribution is 5.83. The first-order valence-corrected chi connectivity index (χ1v) is 5.42. The number of imidazole rings is 1. The van der Waals surface area contributed by atoms with Crippen molar-refractivity contribution >= 4 is 17.0 Å². The molecule has 2 aromatic heterocycles. The fourth-order valence-corrected chi connectivity index (χ4v) is 2.19. The molecular formula is C10H13N5O. The zero-order valence-corrected chi connectivity index (χ0v) is 9.10. The average molecular weight is 219 g/mol. The maximum absolute atomic E-state index is 11.5. The van der Waals surface area contributed by atoms with E-state index in [4.69, 9.17) is 0 Å². The Labute approximate surface area is 91.9 Å². The van der Waals surface area contributed by atoms with Crippen LogP contribution in [-0.2, 0) is 7.05 Å². The third-order valence-electron chi connectivity index (χ3n) is 3.07. The lowest BCUT2D eigenvalue weighted by Gasteiger charge is -2.15. The molecule has 6 heteroatoms. The summed E-state index contributed by atoms with van der Waals surface area (Å²) in [5, 5.41) is 0. The van der Waals surface area contributed by atoms with Crippen LogP contribution in [-0.4, -0.2) is 32.6 Å². The minimum absolute atomic E-state index is 0.143.